The van der Waals surface area contributed by atoms with Gasteiger partial charge in [-0.15, -0.1) is 0 Å². The highest BCUT2D eigenvalue weighted by molar-refractivity contribution is 5.93. The molecule has 29 heavy (non-hydrogen) atoms. The van der Waals surface area contributed by atoms with Gasteiger partial charge in [-0.25, -0.2) is 0 Å². The van der Waals surface area contributed by atoms with Gasteiger partial charge in [0.15, 0.2) is 0 Å². The Kier molecular flexibility index (Phi) is 5.22. The van der Waals surface area contributed by atoms with Crippen molar-refractivity contribution in [3.63, 3.8) is 0 Å². The van der Waals surface area contributed by atoms with E-state index in [9.17, 15) is 9.59 Å². The Bertz CT molecular complexity index is 892. The van der Waals surface area contributed by atoms with Gasteiger partial charge in [0.25, 0.3) is 5.91 Å². The third-order valence-electron chi connectivity index (χ3n) is 6.02. The second kappa shape index (κ2) is 7.81. The maximum absolute atomic E-state index is 12.7. The Hall–Kier alpha value is -2.96. The fourth-order valence-electron chi connectivity index (χ4n) is 4.34. The molecule has 2 aliphatic rings. The first kappa shape index (κ1) is 19.4. The van der Waals surface area contributed by atoms with Crippen LogP contribution in [0.1, 0.15) is 47.5 Å². The summed E-state index contributed by atoms with van der Waals surface area (Å²) in [4.78, 5) is 28.6. The highest BCUT2D eigenvalue weighted by atomic mass is 16.5. The van der Waals surface area contributed by atoms with Crippen molar-refractivity contribution in [3.8, 4) is 5.75 Å². The zero-order valence-corrected chi connectivity index (χ0v) is 16.9. The molecule has 1 fully saturated rings. The zero-order chi connectivity index (χ0) is 20.4. The number of para-hydroxylation sites is 1. The molecule has 2 aliphatic heterocycles. The molecule has 1 aromatic carbocycles. The molecule has 1 spiro atoms. The van der Waals surface area contributed by atoms with E-state index in [1.54, 1.807) is 25.1 Å². The Balaban J connectivity index is 1.50. The number of aromatic nitrogens is 2. The molecule has 4 rings (SSSR count). The van der Waals surface area contributed by atoms with Crippen LogP contribution in [-0.4, -0.2) is 64.6 Å². The number of hydrogen-bond donors (Lipinski definition) is 0. The minimum absolute atomic E-state index is 0.0229. The van der Waals surface area contributed by atoms with Gasteiger partial charge in [0.05, 0.1) is 18.0 Å². The molecule has 7 heteroatoms. The van der Waals surface area contributed by atoms with Gasteiger partial charge >= 0.3 is 0 Å². The number of ether oxygens (including phenoxy) is 1. The van der Waals surface area contributed by atoms with E-state index in [1.165, 1.54) is 12.4 Å². The first-order valence-corrected chi connectivity index (χ1v) is 10.0. The lowest BCUT2D eigenvalue weighted by Crippen LogP contribution is -2.52. The number of piperidine rings is 1. The minimum atomic E-state index is -0.334. The molecule has 0 bridgehead atoms. The molecule has 1 saturated heterocycles. The smallest absolute Gasteiger partial charge is 0.255 e. The fourth-order valence-corrected chi connectivity index (χ4v) is 4.34. The molecule has 1 aromatic heterocycles. The predicted octanol–water partition coefficient (Wildman–Crippen LogP) is 2.50. The van der Waals surface area contributed by atoms with Gasteiger partial charge < -0.3 is 14.5 Å². The third-order valence-corrected chi connectivity index (χ3v) is 6.02. The van der Waals surface area contributed by atoms with Gasteiger partial charge in [-0.05, 0) is 24.1 Å². The number of rotatable bonds is 3. The van der Waals surface area contributed by atoms with Gasteiger partial charge in [-0.3, -0.25) is 9.59 Å². The summed E-state index contributed by atoms with van der Waals surface area (Å²) in [6, 6.07) is 9.71. The van der Waals surface area contributed by atoms with Crippen LogP contribution in [0.15, 0.2) is 42.7 Å². The number of likely N-dealkylation sites (tertiary alicyclic amines) is 1. The molecule has 2 amide bonds. The van der Waals surface area contributed by atoms with Crippen LogP contribution in [0.5, 0.6) is 5.75 Å². The van der Waals surface area contributed by atoms with E-state index in [1.807, 2.05) is 23.1 Å². The summed E-state index contributed by atoms with van der Waals surface area (Å²) in [7, 11) is 3.59. The van der Waals surface area contributed by atoms with Crippen molar-refractivity contribution >= 4 is 11.8 Å². The summed E-state index contributed by atoms with van der Waals surface area (Å²) in [5, 5.41) is 7.54. The van der Waals surface area contributed by atoms with Gasteiger partial charge in [-0.1, -0.05) is 18.2 Å². The molecule has 1 atom stereocenters. The zero-order valence-electron chi connectivity index (χ0n) is 16.9. The lowest BCUT2D eigenvalue weighted by Gasteiger charge is -2.47. The molecule has 0 saturated carbocycles. The fraction of sp³-hybridized carbons (Fsp3) is 0.455. The van der Waals surface area contributed by atoms with Crippen molar-refractivity contribution in [2.75, 3.05) is 27.2 Å². The van der Waals surface area contributed by atoms with Crippen LogP contribution in [0, 0.1) is 0 Å². The topological polar surface area (TPSA) is 75.6 Å². The summed E-state index contributed by atoms with van der Waals surface area (Å²) in [6.45, 7) is 1.25. The van der Waals surface area contributed by atoms with Crippen molar-refractivity contribution in [2.24, 2.45) is 0 Å². The first-order chi connectivity index (χ1) is 14.0. The van der Waals surface area contributed by atoms with Crippen LogP contribution < -0.4 is 4.74 Å². The molecular formula is C22H26N4O3. The van der Waals surface area contributed by atoms with Crippen molar-refractivity contribution < 1.29 is 14.3 Å². The standard InChI is InChI=1S/C22H26N4O3/c1-25(2)20(27)13-17-14-22(29-19-6-4-3-5-18(17)19)8-11-26(12-9-22)21(28)16-7-10-23-24-15-16/h3-7,10,15,17H,8-9,11-14H2,1-2H3. The van der Waals surface area contributed by atoms with E-state index in [0.717, 1.165) is 30.6 Å². The van der Waals surface area contributed by atoms with Crippen molar-refractivity contribution in [3.05, 3.63) is 53.9 Å². The van der Waals surface area contributed by atoms with Crippen molar-refractivity contribution in [1.29, 1.82) is 0 Å². The van der Waals surface area contributed by atoms with E-state index in [4.69, 9.17) is 4.74 Å². The van der Waals surface area contributed by atoms with Crippen LogP contribution in [0.2, 0.25) is 0 Å². The van der Waals surface area contributed by atoms with Crippen LogP contribution >= 0.6 is 0 Å². The highest BCUT2D eigenvalue weighted by Crippen LogP contribution is 2.46. The van der Waals surface area contributed by atoms with Gasteiger partial charge in [0, 0.05) is 52.4 Å². The highest BCUT2D eigenvalue weighted by Gasteiger charge is 2.44. The maximum Gasteiger partial charge on any atom is 0.255 e. The molecule has 7 nitrogen and oxygen atoms in total. The molecule has 0 radical (unpaired) electrons. The number of amides is 2. The number of hydrogen-bond acceptors (Lipinski definition) is 5. The van der Waals surface area contributed by atoms with E-state index < -0.39 is 0 Å². The SMILES string of the molecule is CN(C)C(=O)CC1CC2(CCN(C(=O)c3ccnnc3)CC2)Oc2ccccc21. The Morgan fingerprint density at radius 2 is 1.93 bits per heavy atom. The average molecular weight is 394 g/mol. The average Bonchev–Trinajstić information content (AvgIpc) is 2.74. The second-order valence-electron chi connectivity index (χ2n) is 8.14. The molecule has 1 unspecified atom stereocenters. The van der Waals surface area contributed by atoms with Crippen LogP contribution in [0.4, 0.5) is 0 Å². The third kappa shape index (κ3) is 3.95. The number of fused-ring (bicyclic) bond motifs is 1. The first-order valence-electron chi connectivity index (χ1n) is 10.0. The van der Waals surface area contributed by atoms with E-state index in [2.05, 4.69) is 16.3 Å². The Morgan fingerprint density at radius 3 is 2.62 bits per heavy atom. The maximum atomic E-state index is 12.7. The van der Waals surface area contributed by atoms with Crippen molar-refractivity contribution in [1.82, 2.24) is 20.0 Å². The normalized spacial score (nSPS) is 19.9. The Labute approximate surface area is 170 Å². The molecule has 0 N–H and O–H groups in total. The Morgan fingerprint density at radius 1 is 1.17 bits per heavy atom. The van der Waals surface area contributed by atoms with Crippen LogP contribution in [-0.2, 0) is 4.79 Å². The van der Waals surface area contributed by atoms with Gasteiger partial charge in [0.2, 0.25) is 5.91 Å². The number of carbonyl (C=O) groups is 2. The number of carbonyl (C=O) groups excluding carboxylic acids is 2. The number of benzene rings is 1. The summed E-state index contributed by atoms with van der Waals surface area (Å²) >= 11 is 0. The van der Waals surface area contributed by atoms with Gasteiger partial charge in [-0.2, -0.15) is 10.2 Å². The number of nitrogens with zero attached hydrogens (tertiary/aromatic N) is 4. The lowest BCUT2D eigenvalue weighted by molar-refractivity contribution is -0.129. The summed E-state index contributed by atoms with van der Waals surface area (Å²) in [5.74, 6) is 1.10. The van der Waals surface area contributed by atoms with E-state index in [-0.39, 0.29) is 23.3 Å². The van der Waals surface area contributed by atoms with E-state index >= 15 is 0 Å². The minimum Gasteiger partial charge on any atom is -0.487 e. The lowest BCUT2D eigenvalue weighted by atomic mass is 9.76. The monoisotopic (exact) mass is 394 g/mol. The van der Waals surface area contributed by atoms with Crippen LogP contribution in [0.3, 0.4) is 0 Å². The molecule has 0 aliphatic carbocycles. The van der Waals surface area contributed by atoms with E-state index in [0.29, 0.717) is 25.1 Å². The molecule has 152 valence electrons. The summed E-state index contributed by atoms with van der Waals surface area (Å²) in [5.41, 5.74) is 1.33. The predicted molar refractivity (Wildman–Crippen MR) is 108 cm³/mol. The second-order valence-corrected chi connectivity index (χ2v) is 8.14. The van der Waals surface area contributed by atoms with Crippen molar-refractivity contribution in [2.45, 2.75) is 37.2 Å². The quantitative estimate of drug-likeness (QED) is 0.800. The largest absolute Gasteiger partial charge is 0.487 e. The van der Waals surface area contributed by atoms with Gasteiger partial charge in [0.1, 0.15) is 11.4 Å². The van der Waals surface area contributed by atoms with Crippen LogP contribution in [0.25, 0.3) is 0 Å². The molecular weight excluding hydrogens is 368 g/mol. The molecule has 3 heterocycles. The molecule has 2 aromatic rings. The summed E-state index contributed by atoms with van der Waals surface area (Å²) < 4.78 is 6.48. The summed E-state index contributed by atoms with van der Waals surface area (Å²) in [6.07, 6.45) is 5.80.